The Hall–Kier alpha value is -2.21. The number of hydrogen-bond acceptors (Lipinski definition) is 5. The molecule has 1 aromatic carbocycles. The summed E-state index contributed by atoms with van der Waals surface area (Å²) in [4.78, 5) is 25.6. The number of piperazine rings is 1. The van der Waals surface area contributed by atoms with E-state index in [2.05, 4.69) is 27.0 Å². The Morgan fingerprint density at radius 2 is 1.92 bits per heavy atom. The Balaban J connectivity index is 1.55. The van der Waals surface area contributed by atoms with Crippen LogP contribution in [0.15, 0.2) is 30.5 Å². The highest BCUT2D eigenvalue weighted by Gasteiger charge is 2.20. The third-order valence-corrected chi connectivity index (χ3v) is 4.52. The van der Waals surface area contributed by atoms with Gasteiger partial charge in [-0.05, 0) is 25.5 Å². The number of anilines is 1. The van der Waals surface area contributed by atoms with Crippen molar-refractivity contribution in [2.75, 3.05) is 37.6 Å². The largest absolute Gasteiger partial charge is 0.353 e. The number of nitrogens with zero attached hydrogens (tertiary/aromatic N) is 4. The highest BCUT2D eigenvalue weighted by molar-refractivity contribution is 5.78. The van der Waals surface area contributed by atoms with Crippen LogP contribution in [-0.2, 0) is 4.79 Å². The number of rotatable bonds is 5. The molecule has 1 aromatic heterocycles. The summed E-state index contributed by atoms with van der Waals surface area (Å²) in [5.41, 5.74) is 1.84. The van der Waals surface area contributed by atoms with Crippen LogP contribution in [-0.4, -0.2) is 59.5 Å². The molecule has 0 saturated carbocycles. The zero-order valence-electron chi connectivity index (χ0n) is 14.4. The second-order valence-corrected chi connectivity index (χ2v) is 6.36. The molecule has 1 aliphatic rings. The van der Waals surface area contributed by atoms with Crippen molar-refractivity contribution in [2.45, 2.75) is 26.3 Å². The Kier molecular flexibility index (Phi) is 5.25. The van der Waals surface area contributed by atoms with Gasteiger partial charge in [-0.15, -0.1) is 0 Å². The van der Waals surface area contributed by atoms with Crippen LogP contribution in [0.1, 0.15) is 20.3 Å². The highest BCUT2D eigenvalue weighted by atomic mass is 16.2. The third kappa shape index (κ3) is 4.00. The predicted octanol–water partition coefficient (Wildman–Crippen LogP) is 1.67. The van der Waals surface area contributed by atoms with Gasteiger partial charge in [0.25, 0.3) is 0 Å². The summed E-state index contributed by atoms with van der Waals surface area (Å²) in [5.74, 6) is 1.03. The third-order valence-electron chi connectivity index (χ3n) is 4.52. The maximum atomic E-state index is 12.0. The lowest BCUT2D eigenvalue weighted by molar-refractivity contribution is -0.122. The topological polar surface area (TPSA) is 61.4 Å². The minimum atomic E-state index is 0.114. The van der Waals surface area contributed by atoms with E-state index in [9.17, 15) is 4.79 Å². The molecule has 1 atom stereocenters. The van der Waals surface area contributed by atoms with Crippen LogP contribution in [0.3, 0.4) is 0 Å². The second-order valence-electron chi connectivity index (χ2n) is 6.36. The zero-order chi connectivity index (χ0) is 16.9. The van der Waals surface area contributed by atoms with Gasteiger partial charge < -0.3 is 10.2 Å². The van der Waals surface area contributed by atoms with Crippen molar-refractivity contribution in [1.82, 2.24) is 20.2 Å². The number of benzene rings is 1. The zero-order valence-corrected chi connectivity index (χ0v) is 14.4. The quantitative estimate of drug-likeness (QED) is 0.905. The molecule has 1 amide bonds. The lowest BCUT2D eigenvalue weighted by Gasteiger charge is -2.35. The molecule has 6 heteroatoms. The summed E-state index contributed by atoms with van der Waals surface area (Å²) in [6, 6.07) is 8.15. The van der Waals surface area contributed by atoms with Gasteiger partial charge >= 0.3 is 0 Å². The molecule has 1 aliphatic heterocycles. The fourth-order valence-electron chi connectivity index (χ4n) is 2.86. The summed E-state index contributed by atoms with van der Waals surface area (Å²) in [6.07, 6.45) is 2.80. The van der Waals surface area contributed by atoms with Crippen molar-refractivity contribution in [2.24, 2.45) is 0 Å². The molecule has 1 saturated heterocycles. The van der Waals surface area contributed by atoms with E-state index in [0.29, 0.717) is 6.54 Å². The number of carbonyl (C=O) groups is 1. The van der Waals surface area contributed by atoms with Crippen molar-refractivity contribution < 1.29 is 4.79 Å². The minimum Gasteiger partial charge on any atom is -0.353 e. The van der Waals surface area contributed by atoms with Crippen molar-refractivity contribution in [3.63, 3.8) is 0 Å². The van der Waals surface area contributed by atoms with Crippen LogP contribution in [0, 0.1) is 0 Å². The Morgan fingerprint density at radius 3 is 2.62 bits per heavy atom. The molecule has 1 N–H and O–H groups in total. The van der Waals surface area contributed by atoms with E-state index in [4.69, 9.17) is 4.98 Å². The first-order valence-electron chi connectivity index (χ1n) is 8.64. The number of carbonyl (C=O) groups excluding carboxylic acids is 1. The summed E-state index contributed by atoms with van der Waals surface area (Å²) >= 11 is 0. The van der Waals surface area contributed by atoms with Gasteiger partial charge in [0.15, 0.2) is 0 Å². The Morgan fingerprint density at radius 1 is 1.21 bits per heavy atom. The van der Waals surface area contributed by atoms with Gasteiger partial charge in [0.05, 0.1) is 23.8 Å². The van der Waals surface area contributed by atoms with E-state index >= 15 is 0 Å². The molecule has 6 nitrogen and oxygen atoms in total. The minimum absolute atomic E-state index is 0.114. The molecule has 0 radical (unpaired) electrons. The SMILES string of the molecule is CC[C@H](C)NC(=O)CN1CCN(c2cnc3ccccc3n2)CC1. The van der Waals surface area contributed by atoms with Crippen LogP contribution in [0.2, 0.25) is 0 Å². The average Bonchev–Trinajstić information content (AvgIpc) is 2.61. The number of amides is 1. The second kappa shape index (κ2) is 7.57. The van der Waals surface area contributed by atoms with Crippen LogP contribution in [0.25, 0.3) is 11.0 Å². The first kappa shape index (κ1) is 16.6. The molecule has 0 spiro atoms. The van der Waals surface area contributed by atoms with E-state index in [-0.39, 0.29) is 11.9 Å². The Labute approximate surface area is 142 Å². The average molecular weight is 327 g/mol. The molecule has 0 bridgehead atoms. The fourth-order valence-corrected chi connectivity index (χ4v) is 2.86. The van der Waals surface area contributed by atoms with E-state index in [0.717, 1.165) is 49.5 Å². The van der Waals surface area contributed by atoms with Gasteiger partial charge in [0.2, 0.25) is 5.91 Å². The molecule has 3 rings (SSSR count). The van der Waals surface area contributed by atoms with Crippen molar-refractivity contribution in [3.8, 4) is 0 Å². The molecule has 2 heterocycles. The summed E-state index contributed by atoms with van der Waals surface area (Å²) in [5, 5.41) is 3.02. The fraction of sp³-hybridized carbons (Fsp3) is 0.500. The van der Waals surface area contributed by atoms with E-state index in [1.165, 1.54) is 0 Å². The summed E-state index contributed by atoms with van der Waals surface area (Å²) in [7, 11) is 0. The van der Waals surface area contributed by atoms with Crippen LogP contribution < -0.4 is 10.2 Å². The molecular formula is C18H25N5O. The monoisotopic (exact) mass is 327 g/mol. The van der Waals surface area contributed by atoms with Crippen molar-refractivity contribution in [3.05, 3.63) is 30.5 Å². The van der Waals surface area contributed by atoms with Crippen LogP contribution >= 0.6 is 0 Å². The molecule has 24 heavy (non-hydrogen) atoms. The van der Waals surface area contributed by atoms with Gasteiger partial charge in [-0.2, -0.15) is 0 Å². The number of aromatic nitrogens is 2. The standard InChI is InChI=1S/C18H25N5O/c1-3-14(2)20-18(24)13-22-8-10-23(11-9-22)17-12-19-15-6-4-5-7-16(15)21-17/h4-7,12,14H,3,8-11,13H2,1-2H3,(H,20,24)/t14-/m0/s1. The molecule has 0 aliphatic carbocycles. The normalized spacial score (nSPS) is 17.0. The van der Waals surface area contributed by atoms with Crippen LogP contribution in [0.4, 0.5) is 5.82 Å². The first-order chi connectivity index (χ1) is 11.7. The predicted molar refractivity (Wildman–Crippen MR) is 96.1 cm³/mol. The maximum absolute atomic E-state index is 12.0. The Bertz CT molecular complexity index is 697. The lowest BCUT2D eigenvalue weighted by Crippen LogP contribution is -2.50. The number of fused-ring (bicyclic) bond motifs is 1. The van der Waals surface area contributed by atoms with Crippen LogP contribution in [0.5, 0.6) is 0 Å². The van der Waals surface area contributed by atoms with E-state index in [1.54, 1.807) is 0 Å². The van der Waals surface area contributed by atoms with Crippen molar-refractivity contribution in [1.29, 1.82) is 0 Å². The van der Waals surface area contributed by atoms with Crippen molar-refractivity contribution >= 4 is 22.8 Å². The van der Waals surface area contributed by atoms with Gasteiger partial charge in [0, 0.05) is 32.2 Å². The summed E-state index contributed by atoms with van der Waals surface area (Å²) in [6.45, 7) is 8.04. The maximum Gasteiger partial charge on any atom is 0.234 e. The van der Waals surface area contributed by atoms with Gasteiger partial charge in [-0.3, -0.25) is 14.7 Å². The highest BCUT2D eigenvalue weighted by Crippen LogP contribution is 2.16. The molecule has 128 valence electrons. The van der Waals surface area contributed by atoms with Gasteiger partial charge in [-0.25, -0.2) is 4.98 Å². The lowest BCUT2D eigenvalue weighted by atomic mass is 10.2. The molecule has 2 aromatic rings. The van der Waals surface area contributed by atoms with E-state index < -0.39 is 0 Å². The number of nitrogens with one attached hydrogen (secondary N) is 1. The van der Waals surface area contributed by atoms with E-state index in [1.807, 2.05) is 37.4 Å². The smallest absolute Gasteiger partial charge is 0.234 e. The van der Waals surface area contributed by atoms with Gasteiger partial charge in [-0.1, -0.05) is 19.1 Å². The molecule has 1 fully saturated rings. The van der Waals surface area contributed by atoms with Gasteiger partial charge in [0.1, 0.15) is 5.82 Å². The molecular weight excluding hydrogens is 302 g/mol. The number of para-hydroxylation sites is 2. The first-order valence-corrected chi connectivity index (χ1v) is 8.64. The summed E-state index contributed by atoms with van der Waals surface area (Å²) < 4.78 is 0. The number of hydrogen-bond donors (Lipinski definition) is 1. The molecule has 0 unspecified atom stereocenters.